The van der Waals surface area contributed by atoms with Crippen molar-refractivity contribution < 1.29 is 9.94 Å². The van der Waals surface area contributed by atoms with Crippen molar-refractivity contribution in [3.05, 3.63) is 32.6 Å². The van der Waals surface area contributed by atoms with Crippen LogP contribution in [-0.2, 0) is 11.4 Å². The van der Waals surface area contributed by atoms with E-state index in [4.69, 9.17) is 9.94 Å². The Balaban J connectivity index is 2.12. The highest BCUT2D eigenvalue weighted by Gasteiger charge is 2.25. The molecular formula is C10H15N3O4. The van der Waals surface area contributed by atoms with Gasteiger partial charge >= 0.3 is 5.69 Å². The van der Waals surface area contributed by atoms with E-state index in [1.807, 2.05) is 0 Å². The Hall–Kier alpha value is -1.44. The zero-order valence-electron chi connectivity index (χ0n) is 9.47. The Morgan fingerprint density at radius 2 is 2.35 bits per heavy atom. The van der Waals surface area contributed by atoms with Gasteiger partial charge in [0.25, 0.3) is 5.56 Å². The summed E-state index contributed by atoms with van der Waals surface area (Å²) in [4.78, 5) is 30.2. The fourth-order valence-corrected chi connectivity index (χ4v) is 1.80. The highest BCUT2D eigenvalue weighted by Crippen LogP contribution is 2.11. The van der Waals surface area contributed by atoms with Crippen LogP contribution in [0.5, 0.6) is 0 Å². The molecule has 2 heterocycles. The predicted molar refractivity (Wildman–Crippen MR) is 59.6 cm³/mol. The Bertz CT molecular complexity index is 507. The number of nitrogens with zero attached hydrogens (tertiary/aromatic N) is 1. The van der Waals surface area contributed by atoms with Gasteiger partial charge in [-0.05, 0) is 13.3 Å². The molecule has 0 aromatic carbocycles. The van der Waals surface area contributed by atoms with E-state index >= 15 is 0 Å². The van der Waals surface area contributed by atoms with Crippen molar-refractivity contribution >= 4 is 0 Å². The molecule has 0 aliphatic carbocycles. The van der Waals surface area contributed by atoms with Crippen molar-refractivity contribution in [3.8, 4) is 0 Å². The molecule has 1 aliphatic heterocycles. The summed E-state index contributed by atoms with van der Waals surface area (Å²) in [6.45, 7) is 1.98. The molecule has 1 aliphatic rings. The number of aliphatic hydroxyl groups excluding tert-OH is 1. The minimum absolute atomic E-state index is 0.00392. The summed E-state index contributed by atoms with van der Waals surface area (Å²) in [6.07, 6.45) is 1.95. The van der Waals surface area contributed by atoms with Gasteiger partial charge in [0.2, 0.25) is 0 Å². The molecule has 7 heteroatoms. The van der Waals surface area contributed by atoms with E-state index in [0.29, 0.717) is 18.5 Å². The van der Waals surface area contributed by atoms with E-state index in [1.54, 1.807) is 6.92 Å². The van der Waals surface area contributed by atoms with Crippen LogP contribution >= 0.6 is 0 Å². The molecule has 0 saturated carbocycles. The summed E-state index contributed by atoms with van der Waals surface area (Å²) in [5.41, 5.74) is 2.35. The molecule has 1 aromatic heterocycles. The molecule has 2 atom stereocenters. The van der Waals surface area contributed by atoms with Crippen molar-refractivity contribution in [2.24, 2.45) is 0 Å². The summed E-state index contributed by atoms with van der Waals surface area (Å²) >= 11 is 0. The summed E-state index contributed by atoms with van der Waals surface area (Å²) < 4.78 is 1.41. The lowest BCUT2D eigenvalue weighted by Gasteiger charge is -2.10. The third kappa shape index (κ3) is 2.63. The van der Waals surface area contributed by atoms with Crippen LogP contribution in [0.2, 0.25) is 0 Å². The first-order chi connectivity index (χ1) is 8.10. The largest absolute Gasteiger partial charge is 0.395 e. The number of aliphatic hydroxyl groups is 1. The van der Waals surface area contributed by atoms with E-state index in [-0.39, 0.29) is 24.3 Å². The molecule has 0 spiro atoms. The van der Waals surface area contributed by atoms with Crippen LogP contribution < -0.4 is 16.7 Å². The minimum Gasteiger partial charge on any atom is -0.395 e. The summed E-state index contributed by atoms with van der Waals surface area (Å²) in [6, 6.07) is -0.0976. The van der Waals surface area contributed by atoms with E-state index in [1.165, 1.54) is 10.8 Å². The molecule has 0 radical (unpaired) electrons. The second-order valence-electron chi connectivity index (χ2n) is 4.20. The fraction of sp³-hybridized carbons (Fsp3) is 0.600. The zero-order valence-corrected chi connectivity index (χ0v) is 9.47. The van der Waals surface area contributed by atoms with Crippen LogP contribution in [-0.4, -0.2) is 33.4 Å². The van der Waals surface area contributed by atoms with Crippen LogP contribution in [0.1, 0.15) is 12.0 Å². The molecule has 2 rings (SSSR count). The SMILES string of the molecule is Cc1cn(C[C@@H]2C[C@H](CO)NO2)c(=O)[nH]c1=O. The van der Waals surface area contributed by atoms with Gasteiger partial charge in [0.05, 0.1) is 25.3 Å². The molecule has 17 heavy (non-hydrogen) atoms. The highest BCUT2D eigenvalue weighted by molar-refractivity contribution is 5.01. The van der Waals surface area contributed by atoms with Gasteiger partial charge in [-0.25, -0.2) is 4.79 Å². The molecule has 1 aromatic rings. The first-order valence-corrected chi connectivity index (χ1v) is 5.42. The topological polar surface area (TPSA) is 96.3 Å². The van der Waals surface area contributed by atoms with Crippen molar-refractivity contribution in [3.63, 3.8) is 0 Å². The number of rotatable bonds is 3. The molecule has 7 nitrogen and oxygen atoms in total. The number of aryl methyl sites for hydroxylation is 1. The molecule has 3 N–H and O–H groups in total. The van der Waals surface area contributed by atoms with Crippen LogP contribution in [0, 0.1) is 6.92 Å². The standard InChI is InChI=1S/C10H15N3O4/c1-6-3-13(10(16)11-9(6)15)4-8-2-7(5-14)12-17-8/h3,7-8,12,14H,2,4-5H2,1H3,(H,11,15,16)/t7-,8+/m1/s1. The second-order valence-corrected chi connectivity index (χ2v) is 4.20. The number of hydrogen-bond acceptors (Lipinski definition) is 5. The molecular weight excluding hydrogens is 226 g/mol. The van der Waals surface area contributed by atoms with E-state index in [9.17, 15) is 9.59 Å². The van der Waals surface area contributed by atoms with Gasteiger partial charge in [-0.15, -0.1) is 0 Å². The number of H-pyrrole nitrogens is 1. The maximum absolute atomic E-state index is 11.5. The number of hydroxylamine groups is 1. The number of aromatic nitrogens is 2. The van der Waals surface area contributed by atoms with Gasteiger partial charge in [-0.2, -0.15) is 5.48 Å². The Labute approximate surface area is 97.0 Å². The third-order valence-electron chi connectivity index (χ3n) is 2.76. The zero-order chi connectivity index (χ0) is 12.4. The number of aromatic amines is 1. The maximum atomic E-state index is 11.5. The van der Waals surface area contributed by atoms with Crippen molar-refractivity contribution in [1.82, 2.24) is 15.0 Å². The van der Waals surface area contributed by atoms with Crippen LogP contribution in [0.4, 0.5) is 0 Å². The Morgan fingerprint density at radius 3 is 3.00 bits per heavy atom. The van der Waals surface area contributed by atoms with Crippen molar-refractivity contribution in [2.75, 3.05) is 6.61 Å². The van der Waals surface area contributed by atoms with Gasteiger partial charge < -0.3 is 5.11 Å². The monoisotopic (exact) mass is 241 g/mol. The lowest BCUT2D eigenvalue weighted by atomic mass is 10.1. The maximum Gasteiger partial charge on any atom is 0.328 e. The van der Waals surface area contributed by atoms with E-state index in [2.05, 4.69) is 10.5 Å². The normalized spacial score (nSPS) is 24.1. The van der Waals surface area contributed by atoms with Crippen LogP contribution in [0.25, 0.3) is 0 Å². The number of nitrogens with one attached hydrogen (secondary N) is 2. The second kappa shape index (κ2) is 4.82. The summed E-state index contributed by atoms with van der Waals surface area (Å²) in [5.74, 6) is 0. The highest BCUT2D eigenvalue weighted by atomic mass is 16.7. The molecule has 0 bridgehead atoms. The smallest absolute Gasteiger partial charge is 0.328 e. The molecule has 0 amide bonds. The first-order valence-electron chi connectivity index (χ1n) is 5.42. The molecule has 1 fully saturated rings. The molecule has 1 saturated heterocycles. The first kappa shape index (κ1) is 12.0. The third-order valence-corrected chi connectivity index (χ3v) is 2.76. The average Bonchev–Trinajstić information content (AvgIpc) is 2.73. The molecule has 0 unspecified atom stereocenters. The van der Waals surface area contributed by atoms with Gasteiger partial charge in [0.15, 0.2) is 0 Å². The van der Waals surface area contributed by atoms with E-state index in [0.717, 1.165) is 0 Å². The predicted octanol–water partition coefficient (Wildman–Crippen LogP) is -1.50. The van der Waals surface area contributed by atoms with Crippen molar-refractivity contribution in [2.45, 2.75) is 32.0 Å². The summed E-state index contributed by atoms with van der Waals surface area (Å²) in [5, 5.41) is 8.93. The van der Waals surface area contributed by atoms with Crippen LogP contribution in [0.15, 0.2) is 15.8 Å². The van der Waals surface area contributed by atoms with Gasteiger partial charge in [-0.3, -0.25) is 19.2 Å². The Morgan fingerprint density at radius 1 is 1.59 bits per heavy atom. The fourth-order valence-electron chi connectivity index (χ4n) is 1.80. The minimum atomic E-state index is -0.448. The van der Waals surface area contributed by atoms with Gasteiger partial charge in [0.1, 0.15) is 0 Å². The molecule has 94 valence electrons. The van der Waals surface area contributed by atoms with Gasteiger partial charge in [-0.1, -0.05) is 0 Å². The van der Waals surface area contributed by atoms with Crippen LogP contribution in [0.3, 0.4) is 0 Å². The quantitative estimate of drug-likeness (QED) is 0.598. The van der Waals surface area contributed by atoms with Gasteiger partial charge in [0, 0.05) is 11.8 Å². The number of hydrogen-bond donors (Lipinski definition) is 3. The Kier molecular flexibility index (Phi) is 3.41. The van der Waals surface area contributed by atoms with E-state index < -0.39 is 5.69 Å². The lowest BCUT2D eigenvalue weighted by Crippen LogP contribution is -2.33. The van der Waals surface area contributed by atoms with Crippen molar-refractivity contribution in [1.29, 1.82) is 0 Å². The lowest BCUT2D eigenvalue weighted by molar-refractivity contribution is 0.0127. The average molecular weight is 241 g/mol. The summed E-state index contributed by atoms with van der Waals surface area (Å²) in [7, 11) is 0.